The van der Waals surface area contributed by atoms with Gasteiger partial charge in [0.1, 0.15) is 11.6 Å². The Balaban J connectivity index is 1.19. The second-order valence-corrected chi connectivity index (χ2v) is 15.9. The lowest BCUT2D eigenvalue weighted by molar-refractivity contribution is -0.137. The molecule has 11 aromatic rings. The fourth-order valence-electron chi connectivity index (χ4n) is 8.96. The summed E-state index contributed by atoms with van der Waals surface area (Å²) in [6, 6.07) is 56.2. The minimum atomic E-state index is -4.51. The maximum Gasteiger partial charge on any atom is 0.416 e. The zero-order chi connectivity index (χ0) is 40.8. The van der Waals surface area contributed by atoms with Gasteiger partial charge in [-0.05, 0) is 77.4 Å². The van der Waals surface area contributed by atoms with Gasteiger partial charge in [-0.15, -0.1) is 0 Å². The summed E-state index contributed by atoms with van der Waals surface area (Å²) in [5, 5.41) is 4.10. The molecule has 0 atom stereocenters. The smallest absolute Gasteiger partial charge is 0.354 e. The molecule has 4 aromatic heterocycles. The highest BCUT2D eigenvalue weighted by molar-refractivity contribution is 6.13. The number of pyridine rings is 1. The van der Waals surface area contributed by atoms with E-state index in [1.54, 1.807) is 0 Å². The Bertz CT molecular complexity index is 3450. The largest absolute Gasteiger partial charge is 0.416 e. The molecule has 60 heavy (non-hydrogen) atoms. The van der Waals surface area contributed by atoms with E-state index in [4.69, 9.17) is 4.98 Å². The molecule has 0 saturated carbocycles. The molecule has 0 aliphatic carbocycles. The third kappa shape index (κ3) is 5.55. The van der Waals surface area contributed by atoms with Crippen molar-refractivity contribution in [1.82, 2.24) is 24.1 Å². The van der Waals surface area contributed by atoms with Gasteiger partial charge in [-0.1, -0.05) is 123 Å². The number of H-pyrrole nitrogens is 1. The number of nitrogens with zero attached hydrogens (tertiary/aromatic N) is 4. The Morgan fingerprint density at radius 3 is 2.02 bits per heavy atom. The fourth-order valence-corrected chi connectivity index (χ4v) is 8.96. The van der Waals surface area contributed by atoms with E-state index in [2.05, 4.69) is 119 Å². The summed E-state index contributed by atoms with van der Waals surface area (Å²) in [5.74, 6) is 0.983. The third-order valence-corrected chi connectivity index (χ3v) is 12.1. The summed E-state index contributed by atoms with van der Waals surface area (Å²) in [4.78, 5) is 13.8. The van der Waals surface area contributed by atoms with E-state index < -0.39 is 11.7 Å². The highest BCUT2D eigenvalue weighted by Gasteiger charge is 2.32. The van der Waals surface area contributed by atoms with E-state index >= 15 is 0 Å². The van der Waals surface area contributed by atoms with Crippen LogP contribution in [-0.2, 0) is 11.6 Å². The minimum absolute atomic E-state index is 0.197. The van der Waals surface area contributed by atoms with Crippen LogP contribution in [-0.4, -0.2) is 24.1 Å². The molecule has 0 amide bonds. The quantitative estimate of drug-likeness (QED) is 0.182. The summed E-state index contributed by atoms with van der Waals surface area (Å²) in [5.41, 5.74) is 10.3. The van der Waals surface area contributed by atoms with Gasteiger partial charge in [0.15, 0.2) is 0 Å². The average molecular weight is 788 g/mol. The van der Waals surface area contributed by atoms with Gasteiger partial charge < -0.3 is 4.98 Å². The Morgan fingerprint density at radius 1 is 0.517 bits per heavy atom. The summed E-state index contributed by atoms with van der Waals surface area (Å²) >= 11 is 0. The number of hydrogen-bond acceptors (Lipinski definition) is 2. The van der Waals surface area contributed by atoms with Gasteiger partial charge in [0.2, 0.25) is 0 Å². The molecule has 0 bridgehead atoms. The van der Waals surface area contributed by atoms with Crippen LogP contribution in [0.5, 0.6) is 0 Å². The molecule has 0 saturated heterocycles. The topological polar surface area (TPSA) is 51.4 Å². The maximum absolute atomic E-state index is 14.0. The normalized spacial score (nSPS) is 12.4. The van der Waals surface area contributed by atoms with Crippen LogP contribution in [0.4, 0.5) is 13.2 Å². The number of aromatic nitrogens is 5. The van der Waals surface area contributed by atoms with Gasteiger partial charge in [-0.2, -0.15) is 13.2 Å². The molecule has 0 radical (unpaired) electrons. The standard InChI is InChI=1S/C52H36F3N5/c1-51(2,33-14-5-3-6-15-33)35-29-41-38-18-9-11-21-43(38)57-48(41)42(30-35)50-58-49-37(20-13-23-45(49)59(50)36-16-7-4-8-17-36)32-24-25-40-39-19-10-12-22-44(39)60(46(40)28-32)47-31-34(26-27-56-47)52(53,54)55/h3-31,57H,1-2H3. The summed E-state index contributed by atoms with van der Waals surface area (Å²) < 4.78 is 46.1. The minimum Gasteiger partial charge on any atom is -0.354 e. The second kappa shape index (κ2) is 13.3. The van der Waals surface area contributed by atoms with E-state index in [0.29, 0.717) is 0 Å². The van der Waals surface area contributed by atoms with E-state index in [-0.39, 0.29) is 11.2 Å². The molecule has 1 N–H and O–H groups in total. The highest BCUT2D eigenvalue weighted by atomic mass is 19.4. The monoisotopic (exact) mass is 787 g/mol. The van der Waals surface area contributed by atoms with E-state index in [1.807, 2.05) is 71.3 Å². The molecule has 0 fully saturated rings. The van der Waals surface area contributed by atoms with Crippen molar-refractivity contribution in [1.29, 1.82) is 0 Å². The van der Waals surface area contributed by atoms with Crippen molar-refractivity contribution in [2.75, 3.05) is 0 Å². The number of halogens is 3. The van der Waals surface area contributed by atoms with Gasteiger partial charge in [0.25, 0.3) is 0 Å². The highest BCUT2D eigenvalue weighted by Crippen LogP contribution is 2.43. The van der Waals surface area contributed by atoms with Gasteiger partial charge in [0, 0.05) is 55.5 Å². The summed E-state index contributed by atoms with van der Waals surface area (Å²) in [7, 11) is 0. The van der Waals surface area contributed by atoms with Crippen LogP contribution >= 0.6 is 0 Å². The van der Waals surface area contributed by atoms with Crippen LogP contribution in [0.2, 0.25) is 0 Å². The number of para-hydroxylation sites is 4. The molecule has 0 aliphatic rings. The number of alkyl halides is 3. The molecule has 0 unspecified atom stereocenters. The predicted octanol–water partition coefficient (Wildman–Crippen LogP) is 13.8. The van der Waals surface area contributed by atoms with Crippen LogP contribution in [0.15, 0.2) is 176 Å². The SMILES string of the molecule is CC(C)(c1ccccc1)c1cc(-c2nc3c(-c4ccc5c6ccccc6n(-c6cc(C(F)(F)F)ccn6)c5c4)cccc3n2-c2ccccc2)c2[nH]c3ccccc3c2c1. The first-order chi connectivity index (χ1) is 29.1. The number of nitrogens with one attached hydrogen (secondary N) is 1. The molecule has 0 spiro atoms. The molecule has 8 heteroatoms. The number of hydrogen-bond donors (Lipinski definition) is 1. The molecule has 290 valence electrons. The number of imidazole rings is 1. The predicted molar refractivity (Wildman–Crippen MR) is 237 cm³/mol. The lowest BCUT2D eigenvalue weighted by Crippen LogP contribution is -2.19. The molecular weight excluding hydrogens is 752 g/mol. The zero-order valence-corrected chi connectivity index (χ0v) is 32.7. The van der Waals surface area contributed by atoms with E-state index in [0.717, 1.165) is 101 Å². The molecular formula is C52H36F3N5. The van der Waals surface area contributed by atoms with Gasteiger partial charge >= 0.3 is 6.18 Å². The van der Waals surface area contributed by atoms with E-state index in [9.17, 15) is 13.2 Å². The fraction of sp³-hybridized carbons (Fsp3) is 0.0769. The van der Waals surface area contributed by atoms with Crippen molar-refractivity contribution in [3.8, 4) is 34.0 Å². The Morgan fingerprint density at radius 2 is 1.22 bits per heavy atom. The number of rotatable bonds is 6. The summed E-state index contributed by atoms with van der Waals surface area (Å²) in [6.45, 7) is 4.54. The average Bonchev–Trinajstić information content (AvgIpc) is 3.96. The lowest BCUT2D eigenvalue weighted by Gasteiger charge is -2.27. The number of benzene rings is 7. The van der Waals surface area contributed by atoms with Crippen LogP contribution in [0.3, 0.4) is 0 Å². The first-order valence-corrected chi connectivity index (χ1v) is 19.9. The lowest BCUT2D eigenvalue weighted by atomic mass is 9.77. The Kier molecular flexibility index (Phi) is 7.91. The van der Waals surface area contributed by atoms with Crippen LogP contribution in [0.1, 0.15) is 30.5 Å². The van der Waals surface area contributed by atoms with Gasteiger partial charge in [-0.25, -0.2) is 9.97 Å². The van der Waals surface area contributed by atoms with Gasteiger partial charge in [0.05, 0.1) is 33.1 Å². The number of fused-ring (bicyclic) bond motifs is 7. The van der Waals surface area contributed by atoms with Crippen molar-refractivity contribution in [3.63, 3.8) is 0 Å². The third-order valence-electron chi connectivity index (χ3n) is 12.1. The molecule has 7 aromatic carbocycles. The molecule has 5 nitrogen and oxygen atoms in total. The van der Waals surface area contributed by atoms with Crippen molar-refractivity contribution in [3.05, 3.63) is 193 Å². The molecule has 0 aliphatic heterocycles. The van der Waals surface area contributed by atoms with Crippen LogP contribution in [0, 0.1) is 0 Å². The first kappa shape index (κ1) is 35.7. The van der Waals surface area contributed by atoms with Crippen molar-refractivity contribution < 1.29 is 13.2 Å². The van der Waals surface area contributed by atoms with Gasteiger partial charge in [-0.3, -0.25) is 9.13 Å². The van der Waals surface area contributed by atoms with Crippen molar-refractivity contribution in [2.45, 2.75) is 25.4 Å². The Hall–Kier alpha value is -7.45. The first-order valence-electron chi connectivity index (χ1n) is 19.9. The van der Waals surface area contributed by atoms with Crippen LogP contribution < -0.4 is 0 Å². The molecule has 11 rings (SSSR count). The maximum atomic E-state index is 14.0. The zero-order valence-electron chi connectivity index (χ0n) is 32.7. The van der Waals surface area contributed by atoms with Crippen LogP contribution in [0.25, 0.3) is 88.7 Å². The summed E-state index contributed by atoms with van der Waals surface area (Å²) in [6.07, 6.45) is -3.29. The van der Waals surface area contributed by atoms with E-state index in [1.165, 1.54) is 11.8 Å². The van der Waals surface area contributed by atoms with Crippen molar-refractivity contribution >= 4 is 54.6 Å². The second-order valence-electron chi connectivity index (χ2n) is 15.9. The van der Waals surface area contributed by atoms with Crippen molar-refractivity contribution in [2.24, 2.45) is 0 Å². The number of aromatic amines is 1. The molecule has 4 heterocycles. The Labute approximate surface area is 343 Å².